The van der Waals surface area contributed by atoms with Crippen LogP contribution in [0.4, 0.5) is 4.79 Å². The third-order valence-corrected chi connectivity index (χ3v) is 4.28. The molecule has 3 N–H and O–H groups in total. The lowest BCUT2D eigenvalue weighted by Crippen LogP contribution is -2.37. The van der Waals surface area contributed by atoms with Gasteiger partial charge in [-0.25, -0.2) is 9.78 Å². The second-order valence-electron chi connectivity index (χ2n) is 7.18. The number of hydrogen-bond donors (Lipinski definition) is 3. The molecule has 0 unspecified atom stereocenters. The highest BCUT2D eigenvalue weighted by Gasteiger charge is 2.06. The van der Waals surface area contributed by atoms with Crippen LogP contribution in [0, 0.1) is 0 Å². The molecule has 0 saturated heterocycles. The van der Waals surface area contributed by atoms with E-state index < -0.39 is 6.09 Å². The van der Waals surface area contributed by atoms with Crippen molar-refractivity contribution in [2.45, 2.75) is 26.4 Å². The maximum absolute atomic E-state index is 11.5. The zero-order valence-electron chi connectivity index (χ0n) is 17.4. The monoisotopic (exact) mass is 423 g/mol. The zero-order chi connectivity index (χ0) is 22.2. The predicted octanol–water partition coefficient (Wildman–Crippen LogP) is 3.74. The fourth-order valence-electron chi connectivity index (χ4n) is 2.91. The van der Waals surface area contributed by atoms with Gasteiger partial charge < -0.3 is 25.2 Å². The molecule has 0 saturated carbocycles. The van der Waals surface area contributed by atoms with Crippen LogP contribution in [0.25, 0.3) is 10.9 Å². The highest BCUT2D eigenvalue weighted by Crippen LogP contribution is 2.25. The third-order valence-electron chi connectivity index (χ3n) is 4.28. The molecule has 1 heterocycles. The summed E-state index contributed by atoms with van der Waals surface area (Å²) < 4.78 is 11.5. The van der Waals surface area contributed by atoms with Crippen molar-refractivity contribution in [2.75, 3.05) is 13.1 Å². The number of nitrogens with zero attached hydrogens (tertiary/aromatic N) is 1. The summed E-state index contributed by atoms with van der Waals surface area (Å²) in [6.45, 7) is 4.11. The van der Waals surface area contributed by atoms with E-state index in [0.717, 1.165) is 22.2 Å². The second kappa shape index (κ2) is 10.3. The number of carbonyl (C=O) groups is 2. The lowest BCUT2D eigenvalue weighted by Gasteiger charge is -2.11. The van der Waals surface area contributed by atoms with E-state index in [1.807, 2.05) is 73.8 Å². The molecule has 0 aliphatic carbocycles. The van der Waals surface area contributed by atoms with Crippen molar-refractivity contribution in [3.63, 3.8) is 0 Å². The van der Waals surface area contributed by atoms with Crippen LogP contribution in [0.3, 0.4) is 0 Å². The van der Waals surface area contributed by atoms with Gasteiger partial charge in [0.05, 0.1) is 18.2 Å². The molecular formula is C23H25N3O5. The Balaban J connectivity index is 1.57. The number of hydrogen-bond acceptors (Lipinski definition) is 5. The Morgan fingerprint density at radius 2 is 1.74 bits per heavy atom. The first-order chi connectivity index (χ1) is 14.9. The average Bonchev–Trinajstić information content (AvgIpc) is 2.73. The van der Waals surface area contributed by atoms with Crippen molar-refractivity contribution < 1.29 is 24.2 Å². The number of rotatable bonds is 9. The number of carboxylic acid groups (broad SMARTS) is 1. The Morgan fingerprint density at radius 3 is 2.45 bits per heavy atom. The molecule has 1 aromatic heterocycles. The summed E-state index contributed by atoms with van der Waals surface area (Å²) >= 11 is 0. The molecule has 0 spiro atoms. The van der Waals surface area contributed by atoms with Crippen LogP contribution in [-0.2, 0) is 11.2 Å². The minimum Gasteiger partial charge on any atom is -0.491 e. The molecule has 0 aliphatic rings. The molecule has 3 aromatic rings. The number of ether oxygens (including phenoxy) is 2. The Labute approximate surface area is 180 Å². The fraction of sp³-hybridized carbons (Fsp3) is 0.261. The quantitative estimate of drug-likeness (QED) is 0.484. The van der Waals surface area contributed by atoms with Crippen molar-refractivity contribution in [3.05, 3.63) is 60.2 Å². The molecular weight excluding hydrogens is 398 g/mol. The molecule has 0 fully saturated rings. The summed E-state index contributed by atoms with van der Waals surface area (Å²) in [4.78, 5) is 26.5. The highest BCUT2D eigenvalue weighted by molar-refractivity contribution is 5.82. The molecule has 0 aliphatic heterocycles. The highest BCUT2D eigenvalue weighted by atomic mass is 16.5. The second-order valence-corrected chi connectivity index (χ2v) is 7.18. The SMILES string of the molecule is CC(C)Oc1ccc(Oc2ccc3cc(CCNC(=O)CNC(=O)O)ccc3n2)cc1. The minimum absolute atomic E-state index is 0.115. The summed E-state index contributed by atoms with van der Waals surface area (Å²) in [6.07, 6.45) is -0.487. The average molecular weight is 423 g/mol. The first-order valence-electron chi connectivity index (χ1n) is 9.97. The standard InChI is InChI=1S/C23H25N3O5/c1-15(2)30-18-5-7-19(8-6-18)31-22-10-4-17-13-16(3-9-20(17)26-22)11-12-24-21(27)14-25-23(28)29/h3-10,13,15,25H,11-12,14H2,1-2H3,(H,24,27)(H,28,29). The van der Waals surface area contributed by atoms with E-state index in [-0.39, 0.29) is 18.6 Å². The minimum atomic E-state index is -1.22. The first kappa shape index (κ1) is 21.9. The van der Waals surface area contributed by atoms with Gasteiger partial charge in [0.2, 0.25) is 11.8 Å². The van der Waals surface area contributed by atoms with Crippen molar-refractivity contribution in [3.8, 4) is 17.4 Å². The molecule has 0 radical (unpaired) electrons. The Kier molecular flexibility index (Phi) is 7.26. The number of amides is 2. The summed E-state index contributed by atoms with van der Waals surface area (Å²) in [7, 11) is 0. The van der Waals surface area contributed by atoms with E-state index in [0.29, 0.717) is 24.6 Å². The van der Waals surface area contributed by atoms with Crippen LogP contribution in [0.5, 0.6) is 17.4 Å². The van der Waals surface area contributed by atoms with Gasteiger partial charge in [-0.15, -0.1) is 0 Å². The lowest BCUT2D eigenvalue weighted by atomic mass is 10.1. The molecule has 162 valence electrons. The molecule has 2 amide bonds. The Hall–Kier alpha value is -3.81. The van der Waals surface area contributed by atoms with Gasteiger partial charge >= 0.3 is 6.09 Å². The number of aromatic nitrogens is 1. The van der Waals surface area contributed by atoms with E-state index in [1.165, 1.54) is 0 Å². The van der Waals surface area contributed by atoms with Crippen molar-refractivity contribution >= 4 is 22.9 Å². The molecule has 8 heteroatoms. The molecule has 31 heavy (non-hydrogen) atoms. The Morgan fingerprint density at radius 1 is 1.00 bits per heavy atom. The fourth-order valence-corrected chi connectivity index (χ4v) is 2.91. The number of fused-ring (bicyclic) bond motifs is 1. The van der Waals surface area contributed by atoms with E-state index in [9.17, 15) is 9.59 Å². The van der Waals surface area contributed by atoms with E-state index in [1.54, 1.807) is 0 Å². The van der Waals surface area contributed by atoms with Crippen molar-refractivity contribution in [1.29, 1.82) is 0 Å². The van der Waals surface area contributed by atoms with E-state index in [4.69, 9.17) is 14.6 Å². The van der Waals surface area contributed by atoms with E-state index >= 15 is 0 Å². The van der Waals surface area contributed by atoms with Gasteiger partial charge in [-0.05, 0) is 68.3 Å². The van der Waals surface area contributed by atoms with Gasteiger partial charge in [0.1, 0.15) is 11.5 Å². The summed E-state index contributed by atoms with van der Waals surface area (Å²) in [5.41, 5.74) is 1.84. The van der Waals surface area contributed by atoms with Gasteiger partial charge in [-0.2, -0.15) is 0 Å². The molecule has 0 atom stereocenters. The van der Waals surface area contributed by atoms with Gasteiger partial charge in [0, 0.05) is 18.0 Å². The van der Waals surface area contributed by atoms with Gasteiger partial charge in [-0.1, -0.05) is 6.07 Å². The van der Waals surface area contributed by atoms with E-state index in [2.05, 4.69) is 10.3 Å². The van der Waals surface area contributed by atoms with Crippen LogP contribution >= 0.6 is 0 Å². The maximum Gasteiger partial charge on any atom is 0.405 e. The smallest absolute Gasteiger partial charge is 0.405 e. The maximum atomic E-state index is 11.5. The number of pyridine rings is 1. The largest absolute Gasteiger partial charge is 0.491 e. The van der Waals surface area contributed by atoms with Crippen molar-refractivity contribution in [1.82, 2.24) is 15.6 Å². The van der Waals surface area contributed by atoms with Gasteiger partial charge in [0.25, 0.3) is 0 Å². The summed E-state index contributed by atoms with van der Waals surface area (Å²) in [5.74, 6) is 1.59. The van der Waals surface area contributed by atoms with Crippen LogP contribution < -0.4 is 20.1 Å². The van der Waals surface area contributed by atoms with Gasteiger partial charge in [-0.3, -0.25) is 4.79 Å². The predicted molar refractivity (Wildman–Crippen MR) is 117 cm³/mol. The topological polar surface area (TPSA) is 110 Å². The van der Waals surface area contributed by atoms with Crippen molar-refractivity contribution in [2.24, 2.45) is 0 Å². The normalized spacial score (nSPS) is 10.7. The summed E-state index contributed by atoms with van der Waals surface area (Å²) in [5, 5.41) is 14.2. The van der Waals surface area contributed by atoms with Crippen LogP contribution in [0.1, 0.15) is 19.4 Å². The third kappa shape index (κ3) is 6.88. The number of benzene rings is 2. The molecule has 8 nitrogen and oxygen atoms in total. The Bertz CT molecular complexity index is 1050. The van der Waals surface area contributed by atoms with Crippen LogP contribution in [0.15, 0.2) is 54.6 Å². The summed E-state index contributed by atoms with van der Waals surface area (Å²) in [6, 6.07) is 17.0. The molecule has 0 bridgehead atoms. The molecule has 3 rings (SSSR count). The molecule has 2 aromatic carbocycles. The zero-order valence-corrected chi connectivity index (χ0v) is 17.4. The number of nitrogens with one attached hydrogen (secondary N) is 2. The first-order valence-corrected chi connectivity index (χ1v) is 9.97. The lowest BCUT2D eigenvalue weighted by molar-refractivity contribution is -0.120. The van der Waals surface area contributed by atoms with Crippen LogP contribution in [0.2, 0.25) is 0 Å². The van der Waals surface area contributed by atoms with Gasteiger partial charge in [0.15, 0.2) is 0 Å². The number of carbonyl (C=O) groups excluding carboxylic acids is 1. The van der Waals surface area contributed by atoms with Crippen LogP contribution in [-0.4, -0.2) is 41.3 Å².